The summed E-state index contributed by atoms with van der Waals surface area (Å²) in [6, 6.07) is 21.5. The Morgan fingerprint density at radius 3 is 2.07 bits per heavy atom. The van der Waals surface area contributed by atoms with E-state index in [2.05, 4.69) is 5.32 Å². The molecule has 0 aromatic heterocycles. The van der Waals surface area contributed by atoms with Crippen LogP contribution in [0.3, 0.4) is 0 Å². The Bertz CT molecular complexity index is 1050. The predicted molar refractivity (Wildman–Crippen MR) is 103 cm³/mol. The highest BCUT2D eigenvalue weighted by Crippen LogP contribution is 2.31. The molecular weight excluding hydrogens is 338 g/mol. The van der Waals surface area contributed by atoms with Crippen LogP contribution in [0.15, 0.2) is 72.8 Å². The van der Waals surface area contributed by atoms with Crippen LogP contribution in [0.4, 0.5) is 5.69 Å². The van der Waals surface area contributed by atoms with Gasteiger partial charge in [0, 0.05) is 23.1 Å². The summed E-state index contributed by atoms with van der Waals surface area (Å²) in [6.45, 7) is 0. The lowest BCUT2D eigenvalue weighted by atomic mass is 9.83. The summed E-state index contributed by atoms with van der Waals surface area (Å²) < 4.78 is 0. The Morgan fingerprint density at radius 2 is 1.33 bits per heavy atom. The van der Waals surface area contributed by atoms with Gasteiger partial charge in [-0.1, -0.05) is 66.7 Å². The Morgan fingerprint density at radius 1 is 0.704 bits per heavy atom. The first-order valence-electron chi connectivity index (χ1n) is 8.80. The zero-order chi connectivity index (χ0) is 18.8. The van der Waals surface area contributed by atoms with Crippen LogP contribution in [0.2, 0.25) is 0 Å². The van der Waals surface area contributed by atoms with Gasteiger partial charge in [-0.3, -0.25) is 14.4 Å². The third-order valence-corrected chi connectivity index (χ3v) is 4.71. The average Bonchev–Trinajstić information content (AvgIpc) is 2.71. The zero-order valence-electron chi connectivity index (χ0n) is 14.6. The summed E-state index contributed by atoms with van der Waals surface area (Å²) in [7, 11) is 0. The molecule has 132 valence electrons. The van der Waals surface area contributed by atoms with Gasteiger partial charge in [-0.25, -0.2) is 0 Å². The van der Waals surface area contributed by atoms with Crippen LogP contribution < -0.4 is 5.32 Å². The Balaban J connectivity index is 1.59. The van der Waals surface area contributed by atoms with Crippen molar-refractivity contribution in [3.63, 3.8) is 0 Å². The molecule has 1 aliphatic carbocycles. The molecule has 0 saturated heterocycles. The fraction of sp³-hybridized carbons (Fsp3) is 0.0870. The molecule has 0 unspecified atom stereocenters. The number of benzene rings is 3. The van der Waals surface area contributed by atoms with Crippen LogP contribution in [0.5, 0.6) is 0 Å². The third-order valence-electron chi connectivity index (χ3n) is 4.71. The number of hydrogen-bond donors (Lipinski definition) is 1. The Kier molecular flexibility index (Phi) is 4.38. The molecule has 3 aromatic carbocycles. The van der Waals surface area contributed by atoms with Crippen molar-refractivity contribution in [3.05, 3.63) is 101 Å². The fourth-order valence-electron chi connectivity index (χ4n) is 3.36. The van der Waals surface area contributed by atoms with Gasteiger partial charge in [0.1, 0.15) is 0 Å². The molecule has 0 radical (unpaired) electrons. The van der Waals surface area contributed by atoms with Gasteiger partial charge >= 0.3 is 0 Å². The second-order valence-corrected chi connectivity index (χ2v) is 6.47. The molecule has 0 bridgehead atoms. The number of carbonyl (C=O) groups is 3. The molecule has 27 heavy (non-hydrogen) atoms. The van der Waals surface area contributed by atoms with Crippen LogP contribution in [-0.4, -0.2) is 17.5 Å². The molecule has 4 nitrogen and oxygen atoms in total. The standard InChI is InChI=1S/C23H17NO3/c25-20(14-13-15-7-2-1-3-8-15)24-19-12-6-11-18-21(19)23(27)17-10-5-4-9-16(17)22(18)26/h1-12H,13-14H2,(H,24,25). The normalized spacial score (nSPS) is 12.3. The van der Waals surface area contributed by atoms with Crippen LogP contribution in [0, 0.1) is 0 Å². The number of aryl methyl sites for hydroxylation is 1. The van der Waals surface area contributed by atoms with Crippen molar-refractivity contribution in [2.75, 3.05) is 5.32 Å². The highest BCUT2D eigenvalue weighted by atomic mass is 16.2. The van der Waals surface area contributed by atoms with Crippen LogP contribution >= 0.6 is 0 Å². The van der Waals surface area contributed by atoms with Crippen molar-refractivity contribution in [1.82, 2.24) is 0 Å². The van der Waals surface area contributed by atoms with E-state index >= 15 is 0 Å². The number of amides is 1. The molecule has 0 heterocycles. The molecule has 4 rings (SSSR count). The number of rotatable bonds is 4. The number of ketones is 2. The smallest absolute Gasteiger partial charge is 0.224 e. The van der Waals surface area contributed by atoms with Gasteiger partial charge in [0.15, 0.2) is 11.6 Å². The van der Waals surface area contributed by atoms with Crippen molar-refractivity contribution in [1.29, 1.82) is 0 Å². The van der Waals surface area contributed by atoms with Crippen LogP contribution in [0.1, 0.15) is 43.8 Å². The van der Waals surface area contributed by atoms with E-state index in [0.29, 0.717) is 35.2 Å². The second-order valence-electron chi connectivity index (χ2n) is 6.47. The van der Waals surface area contributed by atoms with Gasteiger partial charge in [0.2, 0.25) is 5.91 Å². The molecule has 0 atom stereocenters. The lowest BCUT2D eigenvalue weighted by Gasteiger charge is -2.20. The lowest BCUT2D eigenvalue weighted by molar-refractivity contribution is -0.116. The summed E-state index contributed by atoms with van der Waals surface area (Å²) in [5.41, 5.74) is 2.85. The molecule has 0 spiro atoms. The van der Waals surface area contributed by atoms with E-state index < -0.39 is 0 Å². The number of fused-ring (bicyclic) bond motifs is 2. The molecule has 3 aromatic rings. The maximum atomic E-state index is 12.9. The number of anilines is 1. The molecular formula is C23H17NO3. The van der Waals surface area contributed by atoms with Crippen molar-refractivity contribution in [2.45, 2.75) is 12.8 Å². The first kappa shape index (κ1) is 16.9. The number of hydrogen-bond acceptors (Lipinski definition) is 3. The minimum Gasteiger partial charge on any atom is -0.325 e. The summed E-state index contributed by atoms with van der Waals surface area (Å²) in [4.78, 5) is 38.1. The third kappa shape index (κ3) is 3.17. The molecule has 0 aliphatic heterocycles. The molecule has 1 N–H and O–H groups in total. The second kappa shape index (κ2) is 7.00. The fourth-order valence-corrected chi connectivity index (χ4v) is 3.36. The minimum absolute atomic E-state index is 0.189. The minimum atomic E-state index is -0.237. The summed E-state index contributed by atoms with van der Waals surface area (Å²) in [6.07, 6.45) is 0.907. The maximum absolute atomic E-state index is 12.9. The number of nitrogens with one attached hydrogen (secondary N) is 1. The monoisotopic (exact) mass is 355 g/mol. The van der Waals surface area contributed by atoms with Crippen LogP contribution in [-0.2, 0) is 11.2 Å². The Hall–Kier alpha value is -3.53. The first-order valence-corrected chi connectivity index (χ1v) is 8.80. The highest BCUT2D eigenvalue weighted by Gasteiger charge is 2.31. The van der Waals surface area contributed by atoms with Gasteiger partial charge in [-0.15, -0.1) is 0 Å². The topological polar surface area (TPSA) is 63.2 Å². The van der Waals surface area contributed by atoms with E-state index in [-0.39, 0.29) is 23.0 Å². The Labute approximate surface area is 156 Å². The SMILES string of the molecule is O=C(CCc1ccccc1)Nc1cccc2c1C(=O)c1ccccc1C2=O. The van der Waals surface area contributed by atoms with E-state index in [1.807, 2.05) is 30.3 Å². The summed E-state index contributed by atoms with van der Waals surface area (Å²) in [5, 5.41) is 2.81. The number of carbonyl (C=O) groups excluding carboxylic acids is 3. The van der Waals surface area contributed by atoms with Crippen molar-refractivity contribution in [2.24, 2.45) is 0 Å². The zero-order valence-corrected chi connectivity index (χ0v) is 14.6. The lowest BCUT2D eigenvalue weighted by Crippen LogP contribution is -2.24. The van der Waals surface area contributed by atoms with E-state index in [0.717, 1.165) is 5.56 Å². The molecule has 0 saturated carbocycles. The summed E-state index contributed by atoms with van der Waals surface area (Å²) >= 11 is 0. The molecule has 4 heteroatoms. The van der Waals surface area contributed by atoms with E-state index in [9.17, 15) is 14.4 Å². The van der Waals surface area contributed by atoms with E-state index in [4.69, 9.17) is 0 Å². The highest BCUT2D eigenvalue weighted by molar-refractivity contribution is 6.30. The van der Waals surface area contributed by atoms with Gasteiger partial charge in [-0.05, 0) is 18.1 Å². The quantitative estimate of drug-likeness (QED) is 0.601. The molecule has 0 fully saturated rings. The van der Waals surface area contributed by atoms with Crippen LogP contribution in [0.25, 0.3) is 0 Å². The van der Waals surface area contributed by atoms with Gasteiger partial charge in [0.05, 0.1) is 11.3 Å². The first-order chi connectivity index (χ1) is 13.1. The van der Waals surface area contributed by atoms with Crippen molar-refractivity contribution < 1.29 is 14.4 Å². The van der Waals surface area contributed by atoms with Gasteiger partial charge in [0.25, 0.3) is 0 Å². The van der Waals surface area contributed by atoms with Crippen molar-refractivity contribution >= 4 is 23.2 Å². The summed E-state index contributed by atoms with van der Waals surface area (Å²) in [5.74, 6) is -0.619. The molecule has 1 amide bonds. The van der Waals surface area contributed by atoms with E-state index in [1.165, 1.54) is 0 Å². The maximum Gasteiger partial charge on any atom is 0.224 e. The largest absolute Gasteiger partial charge is 0.325 e. The van der Waals surface area contributed by atoms with E-state index in [1.54, 1.807) is 42.5 Å². The predicted octanol–water partition coefficient (Wildman–Crippen LogP) is 4.03. The van der Waals surface area contributed by atoms with Gasteiger partial charge in [-0.2, -0.15) is 0 Å². The van der Waals surface area contributed by atoms with Gasteiger partial charge < -0.3 is 5.32 Å². The molecule has 1 aliphatic rings. The van der Waals surface area contributed by atoms with Crippen molar-refractivity contribution in [3.8, 4) is 0 Å². The average molecular weight is 355 g/mol.